The molecule has 0 aromatic carbocycles. The lowest BCUT2D eigenvalue weighted by molar-refractivity contribution is 0.0691. The van der Waals surface area contributed by atoms with Gasteiger partial charge < -0.3 is 10.4 Å². The summed E-state index contributed by atoms with van der Waals surface area (Å²) in [5.41, 5.74) is 2.63. The maximum absolute atomic E-state index is 10.9. The molecule has 2 N–H and O–H groups in total. The average Bonchev–Trinajstić information content (AvgIpc) is 2.84. The maximum Gasteiger partial charge on any atom is 0.356 e. The summed E-state index contributed by atoms with van der Waals surface area (Å²) in [5.74, 6) is -0.643. The number of nitrogens with one attached hydrogen (secondary N) is 1. The second kappa shape index (κ2) is 5.79. The molecule has 2 heterocycles. The maximum atomic E-state index is 10.9. The van der Waals surface area contributed by atoms with Gasteiger partial charge in [-0.2, -0.15) is 0 Å². The molecule has 2 aromatic heterocycles. The first-order valence-electron chi connectivity index (χ1n) is 5.17. The van der Waals surface area contributed by atoms with E-state index in [4.69, 9.17) is 16.7 Å². The van der Waals surface area contributed by atoms with Crippen LogP contribution in [0.1, 0.15) is 16.2 Å². The molecule has 7 heteroatoms. The van der Waals surface area contributed by atoms with E-state index in [2.05, 4.69) is 15.3 Å². The van der Waals surface area contributed by atoms with Crippen LogP contribution in [0.3, 0.4) is 0 Å². The second-order valence-corrected chi connectivity index (χ2v) is 4.61. The highest BCUT2D eigenvalue weighted by molar-refractivity contribution is 7.07. The van der Waals surface area contributed by atoms with E-state index in [-0.39, 0.29) is 10.7 Å². The normalized spacial score (nSPS) is 10.3. The van der Waals surface area contributed by atoms with Crippen LogP contribution in [0.25, 0.3) is 0 Å². The Morgan fingerprint density at radius 3 is 3.00 bits per heavy atom. The fourth-order valence-electron chi connectivity index (χ4n) is 1.37. The SMILES string of the molecule is O=C(O)c1nc(NCCc2cscn2)ccc1Cl. The molecule has 0 saturated carbocycles. The quantitative estimate of drug-likeness (QED) is 0.882. The number of nitrogens with zero attached hydrogens (tertiary/aromatic N) is 2. The summed E-state index contributed by atoms with van der Waals surface area (Å²) in [6, 6.07) is 3.17. The third kappa shape index (κ3) is 3.18. The Morgan fingerprint density at radius 2 is 2.33 bits per heavy atom. The van der Waals surface area contributed by atoms with Gasteiger partial charge in [0.1, 0.15) is 5.82 Å². The molecular formula is C11H10ClN3O2S. The molecule has 0 saturated heterocycles. The molecule has 2 rings (SSSR count). The van der Waals surface area contributed by atoms with Crippen molar-refractivity contribution in [1.29, 1.82) is 0 Å². The van der Waals surface area contributed by atoms with Crippen LogP contribution in [0.15, 0.2) is 23.0 Å². The van der Waals surface area contributed by atoms with Gasteiger partial charge in [-0.15, -0.1) is 11.3 Å². The van der Waals surface area contributed by atoms with E-state index in [1.54, 1.807) is 22.9 Å². The molecular weight excluding hydrogens is 274 g/mol. The lowest BCUT2D eigenvalue weighted by Gasteiger charge is -2.06. The summed E-state index contributed by atoms with van der Waals surface area (Å²) in [4.78, 5) is 18.9. The van der Waals surface area contributed by atoms with Crippen molar-refractivity contribution in [2.45, 2.75) is 6.42 Å². The number of hydrogen-bond acceptors (Lipinski definition) is 5. The summed E-state index contributed by atoms with van der Waals surface area (Å²) >= 11 is 7.27. The highest BCUT2D eigenvalue weighted by Crippen LogP contribution is 2.16. The number of carbonyl (C=O) groups is 1. The van der Waals surface area contributed by atoms with Crippen molar-refractivity contribution in [2.75, 3.05) is 11.9 Å². The Balaban J connectivity index is 1.97. The van der Waals surface area contributed by atoms with Crippen molar-refractivity contribution in [1.82, 2.24) is 9.97 Å². The van der Waals surface area contributed by atoms with Crippen molar-refractivity contribution < 1.29 is 9.90 Å². The van der Waals surface area contributed by atoms with E-state index in [0.717, 1.165) is 12.1 Å². The summed E-state index contributed by atoms with van der Waals surface area (Å²) in [6.07, 6.45) is 0.760. The Kier molecular flexibility index (Phi) is 4.11. The molecule has 0 fully saturated rings. The lowest BCUT2D eigenvalue weighted by atomic mass is 10.3. The van der Waals surface area contributed by atoms with Crippen molar-refractivity contribution >= 4 is 34.7 Å². The third-order valence-electron chi connectivity index (χ3n) is 2.22. The van der Waals surface area contributed by atoms with Crippen molar-refractivity contribution in [3.8, 4) is 0 Å². The third-order valence-corrected chi connectivity index (χ3v) is 3.16. The van der Waals surface area contributed by atoms with Crippen molar-refractivity contribution in [3.05, 3.63) is 39.4 Å². The van der Waals surface area contributed by atoms with Crippen LogP contribution in [0.4, 0.5) is 5.82 Å². The van der Waals surface area contributed by atoms with E-state index < -0.39 is 5.97 Å². The molecule has 2 aromatic rings. The molecule has 0 unspecified atom stereocenters. The van der Waals surface area contributed by atoms with Gasteiger partial charge in [0.15, 0.2) is 5.69 Å². The Labute approximate surface area is 112 Å². The summed E-state index contributed by atoms with van der Waals surface area (Å²) < 4.78 is 0. The van der Waals surface area contributed by atoms with E-state index in [0.29, 0.717) is 12.4 Å². The highest BCUT2D eigenvalue weighted by Gasteiger charge is 2.11. The number of halogens is 1. The molecule has 0 aliphatic carbocycles. The van der Waals surface area contributed by atoms with Gasteiger partial charge in [0.25, 0.3) is 0 Å². The Bertz CT molecular complexity index is 545. The van der Waals surface area contributed by atoms with Crippen LogP contribution in [0, 0.1) is 0 Å². The van der Waals surface area contributed by atoms with E-state index >= 15 is 0 Å². The van der Waals surface area contributed by atoms with Gasteiger partial charge in [-0.3, -0.25) is 0 Å². The number of aromatic nitrogens is 2. The van der Waals surface area contributed by atoms with E-state index in [1.807, 2.05) is 5.38 Å². The second-order valence-electron chi connectivity index (χ2n) is 3.49. The van der Waals surface area contributed by atoms with E-state index in [9.17, 15) is 4.79 Å². The zero-order chi connectivity index (χ0) is 13.0. The smallest absolute Gasteiger partial charge is 0.356 e. The predicted molar refractivity (Wildman–Crippen MR) is 70.5 cm³/mol. The number of hydrogen-bond donors (Lipinski definition) is 2. The topological polar surface area (TPSA) is 75.1 Å². The zero-order valence-electron chi connectivity index (χ0n) is 9.26. The van der Waals surface area contributed by atoms with Gasteiger partial charge in [-0.05, 0) is 12.1 Å². The monoisotopic (exact) mass is 283 g/mol. The molecule has 0 aliphatic heterocycles. The number of anilines is 1. The van der Waals surface area contributed by atoms with Gasteiger partial charge in [0.2, 0.25) is 0 Å². The number of carboxylic acid groups (broad SMARTS) is 1. The van der Waals surface area contributed by atoms with Crippen LogP contribution in [0.5, 0.6) is 0 Å². The molecule has 18 heavy (non-hydrogen) atoms. The fourth-order valence-corrected chi connectivity index (χ4v) is 2.15. The van der Waals surface area contributed by atoms with Crippen LogP contribution < -0.4 is 5.32 Å². The Morgan fingerprint density at radius 1 is 1.50 bits per heavy atom. The van der Waals surface area contributed by atoms with Gasteiger partial charge >= 0.3 is 5.97 Å². The van der Waals surface area contributed by atoms with Crippen LogP contribution >= 0.6 is 22.9 Å². The summed E-state index contributed by atoms with van der Waals surface area (Å²) in [6.45, 7) is 0.636. The van der Waals surface area contributed by atoms with Gasteiger partial charge in [-0.1, -0.05) is 11.6 Å². The first-order valence-corrected chi connectivity index (χ1v) is 6.49. The Hall–Kier alpha value is -1.66. The standard InChI is InChI=1S/C11H10ClN3O2S/c12-8-1-2-9(15-10(8)11(16)17)13-4-3-7-5-18-6-14-7/h1-2,5-6H,3-4H2,(H,13,15)(H,16,17). The molecule has 0 bridgehead atoms. The highest BCUT2D eigenvalue weighted by atomic mass is 35.5. The number of thiazole rings is 1. The summed E-state index contributed by atoms with van der Waals surface area (Å²) in [5, 5.41) is 14.0. The number of pyridine rings is 1. The van der Waals surface area contributed by atoms with Gasteiger partial charge in [0, 0.05) is 18.3 Å². The molecule has 0 amide bonds. The van der Waals surface area contributed by atoms with Crippen LogP contribution in [-0.2, 0) is 6.42 Å². The lowest BCUT2D eigenvalue weighted by Crippen LogP contribution is -2.09. The minimum absolute atomic E-state index is 0.132. The van der Waals surface area contributed by atoms with Crippen molar-refractivity contribution in [3.63, 3.8) is 0 Å². The molecule has 0 radical (unpaired) electrons. The van der Waals surface area contributed by atoms with Crippen LogP contribution in [-0.4, -0.2) is 27.6 Å². The first kappa shape index (κ1) is 12.8. The van der Waals surface area contributed by atoms with Gasteiger partial charge in [0.05, 0.1) is 16.2 Å². The van der Waals surface area contributed by atoms with E-state index in [1.165, 1.54) is 6.07 Å². The molecule has 94 valence electrons. The molecule has 5 nitrogen and oxygen atoms in total. The van der Waals surface area contributed by atoms with Crippen molar-refractivity contribution in [2.24, 2.45) is 0 Å². The predicted octanol–water partition coefficient (Wildman–Crippen LogP) is 2.54. The molecule has 0 spiro atoms. The minimum atomic E-state index is -1.14. The van der Waals surface area contributed by atoms with Crippen LogP contribution in [0.2, 0.25) is 5.02 Å². The minimum Gasteiger partial charge on any atom is -0.476 e. The number of carboxylic acids is 1. The average molecular weight is 284 g/mol. The first-order chi connectivity index (χ1) is 8.66. The molecule has 0 aliphatic rings. The zero-order valence-corrected chi connectivity index (χ0v) is 10.8. The largest absolute Gasteiger partial charge is 0.476 e. The number of aromatic carboxylic acids is 1. The summed E-state index contributed by atoms with van der Waals surface area (Å²) in [7, 11) is 0. The molecule has 0 atom stereocenters. The van der Waals surface area contributed by atoms with Gasteiger partial charge in [-0.25, -0.2) is 14.8 Å². The number of rotatable bonds is 5. The fraction of sp³-hybridized carbons (Fsp3) is 0.182.